The van der Waals surface area contributed by atoms with Crippen molar-refractivity contribution in [3.8, 4) is 0 Å². The van der Waals surface area contributed by atoms with Crippen molar-refractivity contribution >= 4 is 16.8 Å². The van der Waals surface area contributed by atoms with Crippen LogP contribution in [-0.4, -0.2) is 4.98 Å². The fraction of sp³-hybridized carbons (Fsp3) is 0.0833. The van der Waals surface area contributed by atoms with E-state index < -0.39 is 0 Å². The Hall–Kier alpha value is -1.63. The maximum Gasteiger partial charge on any atom is 0.0704 e. The van der Waals surface area contributed by atoms with Gasteiger partial charge < -0.3 is 0 Å². The molecule has 0 aliphatic carbocycles. The summed E-state index contributed by atoms with van der Waals surface area (Å²) >= 11 is 0. The average Bonchev–Trinajstić information content (AvgIpc) is 2.17. The van der Waals surface area contributed by atoms with Crippen LogP contribution in [0.4, 0.5) is 0 Å². The topological polar surface area (TPSA) is 12.9 Å². The third-order valence-corrected chi connectivity index (χ3v) is 2.22. The minimum absolute atomic E-state index is 0.968. The van der Waals surface area contributed by atoms with Crippen LogP contribution in [0.25, 0.3) is 16.8 Å². The smallest absolute Gasteiger partial charge is 0.0704 e. The highest BCUT2D eigenvalue weighted by molar-refractivity contribution is 5.91. The largest absolute Gasteiger partial charge is 0.256 e. The Morgan fingerprint density at radius 1 is 1.31 bits per heavy atom. The number of rotatable bonds is 1. The summed E-state index contributed by atoms with van der Waals surface area (Å²) in [5.74, 6) is 0. The van der Waals surface area contributed by atoms with E-state index in [1.54, 1.807) is 6.08 Å². The maximum atomic E-state index is 4.27. The fourth-order valence-electron chi connectivity index (χ4n) is 1.60. The van der Waals surface area contributed by atoms with Crippen molar-refractivity contribution in [3.63, 3.8) is 0 Å². The monoisotopic (exact) mass is 169 g/mol. The summed E-state index contributed by atoms with van der Waals surface area (Å²) in [5, 5.41) is 2.44. The molecule has 2 aromatic rings. The first kappa shape index (κ1) is 7.99. The summed E-state index contributed by atoms with van der Waals surface area (Å²) in [6.07, 6.45) is 3.62. The maximum absolute atomic E-state index is 4.27. The lowest BCUT2D eigenvalue weighted by atomic mass is 10.0. The predicted molar refractivity (Wildman–Crippen MR) is 56.6 cm³/mol. The molecule has 1 aromatic heterocycles. The average molecular weight is 169 g/mol. The molecule has 0 aliphatic rings. The van der Waals surface area contributed by atoms with E-state index in [1.807, 2.05) is 12.3 Å². The number of benzene rings is 1. The molecule has 0 saturated carbocycles. The normalized spacial score (nSPS) is 10.2. The highest BCUT2D eigenvalue weighted by atomic mass is 14.7. The van der Waals surface area contributed by atoms with Crippen LogP contribution >= 0.6 is 0 Å². The van der Waals surface area contributed by atoms with E-state index in [2.05, 4.69) is 36.7 Å². The van der Waals surface area contributed by atoms with Gasteiger partial charge in [-0.3, -0.25) is 4.98 Å². The van der Waals surface area contributed by atoms with Gasteiger partial charge in [0.15, 0.2) is 0 Å². The Labute approximate surface area is 77.7 Å². The van der Waals surface area contributed by atoms with Gasteiger partial charge in [0.25, 0.3) is 0 Å². The number of aromatic nitrogens is 1. The molecule has 1 nitrogen and oxygen atoms in total. The Morgan fingerprint density at radius 3 is 2.92 bits per heavy atom. The summed E-state index contributed by atoms with van der Waals surface area (Å²) in [5.41, 5.74) is 2.22. The SMILES string of the molecule is C=Cc1nccc2cccc(C)c12. The minimum Gasteiger partial charge on any atom is -0.256 e. The quantitative estimate of drug-likeness (QED) is 0.638. The van der Waals surface area contributed by atoms with Crippen molar-refractivity contribution in [1.82, 2.24) is 4.98 Å². The van der Waals surface area contributed by atoms with E-state index in [0.717, 1.165) is 5.69 Å². The van der Waals surface area contributed by atoms with Crippen molar-refractivity contribution in [3.05, 3.63) is 48.3 Å². The number of nitrogens with zero attached hydrogens (tertiary/aromatic N) is 1. The number of pyridine rings is 1. The second-order valence-corrected chi connectivity index (χ2v) is 3.07. The molecule has 0 spiro atoms. The van der Waals surface area contributed by atoms with Crippen LogP contribution in [0.5, 0.6) is 0 Å². The molecule has 0 saturated heterocycles. The summed E-state index contributed by atoms with van der Waals surface area (Å²) in [4.78, 5) is 4.27. The molecule has 1 aromatic carbocycles. The Bertz CT molecular complexity index is 452. The second-order valence-electron chi connectivity index (χ2n) is 3.07. The summed E-state index contributed by atoms with van der Waals surface area (Å²) < 4.78 is 0. The van der Waals surface area contributed by atoms with Gasteiger partial charge in [-0.1, -0.05) is 24.8 Å². The lowest BCUT2D eigenvalue weighted by molar-refractivity contribution is 1.32. The summed E-state index contributed by atoms with van der Waals surface area (Å²) in [7, 11) is 0. The van der Waals surface area contributed by atoms with Gasteiger partial charge in [-0.25, -0.2) is 0 Å². The number of aryl methyl sites for hydroxylation is 1. The molecule has 1 heteroatoms. The molecule has 64 valence electrons. The first-order valence-corrected chi connectivity index (χ1v) is 4.29. The van der Waals surface area contributed by atoms with Gasteiger partial charge in [0.2, 0.25) is 0 Å². The van der Waals surface area contributed by atoms with Gasteiger partial charge in [0, 0.05) is 11.6 Å². The molecular formula is C12H11N. The Kier molecular flexibility index (Phi) is 1.85. The molecule has 13 heavy (non-hydrogen) atoms. The van der Waals surface area contributed by atoms with E-state index in [0.29, 0.717) is 0 Å². The zero-order chi connectivity index (χ0) is 9.26. The van der Waals surface area contributed by atoms with Crippen LogP contribution in [0.1, 0.15) is 11.3 Å². The number of hydrogen-bond acceptors (Lipinski definition) is 1. The molecule has 1 heterocycles. The van der Waals surface area contributed by atoms with Gasteiger partial charge in [-0.05, 0) is 30.0 Å². The Morgan fingerprint density at radius 2 is 2.15 bits per heavy atom. The second kappa shape index (κ2) is 3.02. The molecule has 0 bridgehead atoms. The van der Waals surface area contributed by atoms with Crippen molar-refractivity contribution in [1.29, 1.82) is 0 Å². The highest BCUT2D eigenvalue weighted by Gasteiger charge is 2.00. The van der Waals surface area contributed by atoms with Gasteiger partial charge in [-0.2, -0.15) is 0 Å². The van der Waals surface area contributed by atoms with Gasteiger partial charge >= 0.3 is 0 Å². The number of hydrogen-bond donors (Lipinski definition) is 0. The molecule has 2 rings (SSSR count). The molecule has 0 aliphatic heterocycles. The zero-order valence-electron chi connectivity index (χ0n) is 7.62. The first-order valence-electron chi connectivity index (χ1n) is 4.29. The zero-order valence-corrected chi connectivity index (χ0v) is 7.62. The van der Waals surface area contributed by atoms with Crippen LogP contribution in [0, 0.1) is 6.92 Å². The van der Waals surface area contributed by atoms with Crippen molar-refractivity contribution < 1.29 is 0 Å². The predicted octanol–water partition coefficient (Wildman–Crippen LogP) is 3.19. The Balaban J connectivity index is 2.94. The lowest BCUT2D eigenvalue weighted by Crippen LogP contribution is -1.85. The van der Waals surface area contributed by atoms with Gasteiger partial charge in [0.05, 0.1) is 5.69 Å². The molecule has 0 radical (unpaired) electrons. The third-order valence-electron chi connectivity index (χ3n) is 2.22. The van der Waals surface area contributed by atoms with E-state index in [4.69, 9.17) is 0 Å². The lowest BCUT2D eigenvalue weighted by Gasteiger charge is -2.03. The van der Waals surface area contributed by atoms with Crippen molar-refractivity contribution in [2.45, 2.75) is 6.92 Å². The van der Waals surface area contributed by atoms with E-state index in [9.17, 15) is 0 Å². The molecule has 0 fully saturated rings. The van der Waals surface area contributed by atoms with Crippen LogP contribution in [-0.2, 0) is 0 Å². The molecule has 0 atom stereocenters. The van der Waals surface area contributed by atoms with Crippen LogP contribution < -0.4 is 0 Å². The summed E-state index contributed by atoms with van der Waals surface area (Å²) in [6, 6.07) is 8.27. The summed E-state index contributed by atoms with van der Waals surface area (Å²) in [6.45, 7) is 5.85. The van der Waals surface area contributed by atoms with E-state index in [1.165, 1.54) is 16.3 Å². The van der Waals surface area contributed by atoms with Crippen LogP contribution in [0.3, 0.4) is 0 Å². The van der Waals surface area contributed by atoms with Gasteiger partial charge in [0.1, 0.15) is 0 Å². The van der Waals surface area contributed by atoms with Crippen LogP contribution in [0.2, 0.25) is 0 Å². The fourth-order valence-corrected chi connectivity index (χ4v) is 1.60. The molecular weight excluding hydrogens is 158 g/mol. The first-order chi connectivity index (χ1) is 6.33. The van der Waals surface area contributed by atoms with E-state index >= 15 is 0 Å². The van der Waals surface area contributed by atoms with Crippen molar-refractivity contribution in [2.24, 2.45) is 0 Å². The molecule has 0 amide bonds. The van der Waals surface area contributed by atoms with Crippen LogP contribution in [0.15, 0.2) is 37.0 Å². The number of fused-ring (bicyclic) bond motifs is 1. The minimum atomic E-state index is 0.968. The third kappa shape index (κ3) is 1.22. The highest BCUT2D eigenvalue weighted by Crippen LogP contribution is 2.21. The standard InChI is InChI=1S/C12H11N/c1-3-11-12-9(2)5-4-6-10(12)7-8-13-11/h3-8H,1H2,2H3. The molecule has 0 unspecified atom stereocenters. The van der Waals surface area contributed by atoms with Crippen molar-refractivity contribution in [2.75, 3.05) is 0 Å². The molecule has 0 N–H and O–H groups in total. The van der Waals surface area contributed by atoms with Gasteiger partial charge in [-0.15, -0.1) is 0 Å². The van der Waals surface area contributed by atoms with E-state index in [-0.39, 0.29) is 0 Å².